The Morgan fingerprint density at radius 2 is 1.93 bits per heavy atom. The minimum absolute atomic E-state index is 0.0457. The summed E-state index contributed by atoms with van der Waals surface area (Å²) in [5.41, 5.74) is 2.46. The highest BCUT2D eigenvalue weighted by Crippen LogP contribution is 2.35. The van der Waals surface area contributed by atoms with Crippen LogP contribution in [0.4, 0.5) is 0 Å². The fourth-order valence-electron chi connectivity index (χ4n) is 2.87. The fourth-order valence-corrected chi connectivity index (χ4v) is 4.92. The zero-order valence-corrected chi connectivity index (χ0v) is 17.7. The van der Waals surface area contributed by atoms with Crippen molar-refractivity contribution in [1.29, 1.82) is 0 Å². The molecule has 6 heteroatoms. The fraction of sp³-hybridized carbons (Fsp3) is 0.381. The lowest BCUT2D eigenvalue weighted by molar-refractivity contribution is -0.118. The summed E-state index contributed by atoms with van der Waals surface area (Å²) in [5.74, 6) is 1.29. The highest BCUT2D eigenvalue weighted by Gasteiger charge is 2.16. The van der Waals surface area contributed by atoms with E-state index in [2.05, 4.69) is 38.2 Å². The largest absolute Gasteiger partial charge is 0.355 e. The van der Waals surface area contributed by atoms with Crippen molar-refractivity contribution in [3.05, 3.63) is 52.2 Å². The molecule has 0 radical (unpaired) electrons. The maximum Gasteiger partial charge on any atom is 0.230 e. The molecule has 3 aromatic rings. The topological polar surface area (TPSA) is 54.9 Å². The predicted molar refractivity (Wildman–Crippen MR) is 115 cm³/mol. The molecule has 0 aliphatic heterocycles. The number of carbonyl (C=O) groups is 1. The van der Waals surface area contributed by atoms with Crippen molar-refractivity contribution in [2.45, 2.75) is 45.1 Å². The van der Waals surface area contributed by atoms with Crippen molar-refractivity contribution in [3.63, 3.8) is 0 Å². The molecule has 142 valence electrons. The third kappa shape index (κ3) is 5.08. The standard InChI is InChI=1S/C21H25N3OS2/c1-4-8-17-23-20(19-14(2)15(3)27-21(19)24-17)26-13-18(25)22-12-11-16-9-6-5-7-10-16/h5-7,9-10H,4,8,11-13H2,1-3H3,(H,22,25). The van der Waals surface area contributed by atoms with Gasteiger partial charge in [0.2, 0.25) is 5.91 Å². The van der Waals surface area contributed by atoms with Gasteiger partial charge in [-0.1, -0.05) is 49.0 Å². The monoisotopic (exact) mass is 399 g/mol. The SMILES string of the molecule is CCCc1nc(SCC(=O)NCCc2ccccc2)c2c(C)c(C)sc2n1. The van der Waals surface area contributed by atoms with Crippen LogP contribution in [0.25, 0.3) is 10.2 Å². The molecule has 0 fully saturated rings. The molecule has 2 heterocycles. The van der Waals surface area contributed by atoms with Gasteiger partial charge in [-0.3, -0.25) is 4.79 Å². The molecular formula is C21H25N3OS2. The predicted octanol–water partition coefficient (Wildman–Crippen LogP) is 4.71. The van der Waals surface area contributed by atoms with Crippen molar-refractivity contribution < 1.29 is 4.79 Å². The van der Waals surface area contributed by atoms with E-state index in [1.165, 1.54) is 27.8 Å². The van der Waals surface area contributed by atoms with Crippen molar-refractivity contribution in [1.82, 2.24) is 15.3 Å². The normalized spacial score (nSPS) is 11.1. The number of benzene rings is 1. The van der Waals surface area contributed by atoms with E-state index in [-0.39, 0.29) is 5.91 Å². The number of hydrogen-bond donors (Lipinski definition) is 1. The lowest BCUT2D eigenvalue weighted by Gasteiger charge is -2.08. The van der Waals surface area contributed by atoms with E-state index >= 15 is 0 Å². The molecule has 2 aromatic heterocycles. The average molecular weight is 400 g/mol. The lowest BCUT2D eigenvalue weighted by atomic mass is 10.1. The van der Waals surface area contributed by atoms with Gasteiger partial charge in [0.25, 0.3) is 0 Å². The molecule has 0 aliphatic carbocycles. The summed E-state index contributed by atoms with van der Waals surface area (Å²) in [4.78, 5) is 24.0. The quantitative estimate of drug-likeness (QED) is 0.440. The molecule has 0 bridgehead atoms. The van der Waals surface area contributed by atoms with Gasteiger partial charge < -0.3 is 5.32 Å². The summed E-state index contributed by atoms with van der Waals surface area (Å²) in [6, 6.07) is 10.2. The van der Waals surface area contributed by atoms with Gasteiger partial charge in [0, 0.05) is 23.2 Å². The molecule has 1 aromatic carbocycles. The summed E-state index contributed by atoms with van der Waals surface area (Å²) in [6.07, 6.45) is 2.72. The van der Waals surface area contributed by atoms with Crippen LogP contribution in [0.5, 0.6) is 0 Å². The second kappa shape index (κ2) is 9.33. The van der Waals surface area contributed by atoms with Gasteiger partial charge >= 0.3 is 0 Å². The summed E-state index contributed by atoms with van der Waals surface area (Å²) >= 11 is 3.23. The molecule has 0 atom stereocenters. The highest BCUT2D eigenvalue weighted by atomic mass is 32.2. The van der Waals surface area contributed by atoms with E-state index in [9.17, 15) is 4.79 Å². The van der Waals surface area contributed by atoms with Crippen LogP contribution in [0.2, 0.25) is 0 Å². The highest BCUT2D eigenvalue weighted by molar-refractivity contribution is 8.00. The number of fused-ring (bicyclic) bond motifs is 1. The van der Waals surface area contributed by atoms with Crippen LogP contribution < -0.4 is 5.32 Å². The van der Waals surface area contributed by atoms with Crippen LogP contribution in [-0.2, 0) is 17.6 Å². The van der Waals surface area contributed by atoms with Crippen LogP contribution in [0.1, 0.15) is 35.2 Å². The van der Waals surface area contributed by atoms with Gasteiger partial charge in [-0.05, 0) is 37.8 Å². The number of carbonyl (C=O) groups excluding carboxylic acids is 1. The van der Waals surface area contributed by atoms with Crippen LogP contribution in [0.15, 0.2) is 35.4 Å². The summed E-state index contributed by atoms with van der Waals surface area (Å²) < 4.78 is 0. The number of aryl methyl sites for hydroxylation is 3. The summed E-state index contributed by atoms with van der Waals surface area (Å²) in [7, 11) is 0. The maximum absolute atomic E-state index is 12.3. The summed E-state index contributed by atoms with van der Waals surface area (Å²) in [6.45, 7) is 7.01. The third-order valence-electron chi connectivity index (χ3n) is 4.43. The Labute approximate surface area is 168 Å². The minimum atomic E-state index is 0.0457. The molecule has 1 amide bonds. The van der Waals surface area contributed by atoms with E-state index < -0.39 is 0 Å². The smallest absolute Gasteiger partial charge is 0.230 e. The van der Waals surface area contributed by atoms with E-state index in [0.29, 0.717) is 12.3 Å². The van der Waals surface area contributed by atoms with Crippen LogP contribution in [-0.4, -0.2) is 28.2 Å². The second-order valence-corrected chi connectivity index (χ2v) is 8.70. The minimum Gasteiger partial charge on any atom is -0.355 e. The van der Waals surface area contributed by atoms with Crippen LogP contribution in [0.3, 0.4) is 0 Å². The molecule has 4 nitrogen and oxygen atoms in total. The number of thioether (sulfide) groups is 1. The first kappa shape index (κ1) is 19.8. The van der Waals surface area contributed by atoms with Gasteiger partial charge in [0.05, 0.1) is 5.75 Å². The number of hydrogen-bond acceptors (Lipinski definition) is 5. The van der Waals surface area contributed by atoms with Gasteiger partial charge in [-0.15, -0.1) is 11.3 Å². The number of nitrogens with zero attached hydrogens (tertiary/aromatic N) is 2. The second-order valence-electron chi connectivity index (χ2n) is 6.53. The third-order valence-corrected chi connectivity index (χ3v) is 6.51. The zero-order chi connectivity index (χ0) is 19.2. The Morgan fingerprint density at radius 1 is 1.15 bits per heavy atom. The van der Waals surface area contributed by atoms with E-state index in [1.807, 2.05) is 18.2 Å². The molecule has 1 N–H and O–H groups in total. The number of rotatable bonds is 8. The van der Waals surface area contributed by atoms with Gasteiger partial charge in [0.1, 0.15) is 15.7 Å². The molecule has 0 unspecified atom stereocenters. The van der Waals surface area contributed by atoms with Gasteiger partial charge in [0.15, 0.2) is 0 Å². The van der Waals surface area contributed by atoms with Crippen molar-refractivity contribution in [2.24, 2.45) is 0 Å². The van der Waals surface area contributed by atoms with E-state index in [1.54, 1.807) is 11.3 Å². The molecular weight excluding hydrogens is 374 g/mol. The Balaban J connectivity index is 1.64. The Hall–Kier alpha value is -1.92. The molecule has 3 rings (SSSR count). The molecule has 27 heavy (non-hydrogen) atoms. The first-order valence-corrected chi connectivity index (χ1v) is 11.1. The van der Waals surface area contributed by atoms with E-state index in [4.69, 9.17) is 9.97 Å². The molecule has 0 aliphatic rings. The Morgan fingerprint density at radius 3 is 2.67 bits per heavy atom. The van der Waals surface area contributed by atoms with Crippen molar-refractivity contribution in [3.8, 4) is 0 Å². The first-order valence-electron chi connectivity index (χ1n) is 9.28. The number of aromatic nitrogens is 2. The first-order chi connectivity index (χ1) is 13.1. The number of amides is 1. The molecule has 0 saturated heterocycles. The van der Waals surface area contributed by atoms with Crippen LogP contribution in [0, 0.1) is 13.8 Å². The Bertz CT molecular complexity index is 922. The average Bonchev–Trinajstić information content (AvgIpc) is 2.95. The summed E-state index contributed by atoms with van der Waals surface area (Å²) in [5, 5.41) is 5.05. The molecule has 0 saturated carbocycles. The van der Waals surface area contributed by atoms with Gasteiger partial charge in [-0.2, -0.15) is 0 Å². The maximum atomic E-state index is 12.3. The van der Waals surface area contributed by atoms with Crippen molar-refractivity contribution >= 4 is 39.2 Å². The number of thiophene rings is 1. The van der Waals surface area contributed by atoms with Crippen molar-refractivity contribution in [2.75, 3.05) is 12.3 Å². The van der Waals surface area contributed by atoms with Crippen LogP contribution >= 0.6 is 23.1 Å². The van der Waals surface area contributed by atoms with E-state index in [0.717, 1.165) is 40.3 Å². The lowest BCUT2D eigenvalue weighted by Crippen LogP contribution is -2.27. The number of nitrogens with one attached hydrogen (secondary N) is 1. The van der Waals surface area contributed by atoms with Gasteiger partial charge in [-0.25, -0.2) is 9.97 Å². The Kier molecular flexibility index (Phi) is 6.85. The zero-order valence-electron chi connectivity index (χ0n) is 16.0. The molecule has 0 spiro atoms.